The molecule has 4 N–H and O–H groups in total. The molecule has 0 bridgehead atoms. The quantitative estimate of drug-likeness (QED) is 0.780. The van der Waals surface area contributed by atoms with Gasteiger partial charge in [0, 0.05) is 11.3 Å². The molecule has 20 heavy (non-hydrogen) atoms. The van der Waals surface area contributed by atoms with E-state index >= 15 is 0 Å². The maximum absolute atomic E-state index is 12.2. The molecule has 106 valence electrons. The summed E-state index contributed by atoms with van der Waals surface area (Å²) in [6.07, 6.45) is 1.40. The number of rotatable bonds is 4. The fourth-order valence-electron chi connectivity index (χ4n) is 1.77. The van der Waals surface area contributed by atoms with Crippen molar-refractivity contribution >= 4 is 11.7 Å². The van der Waals surface area contributed by atoms with Gasteiger partial charge in [0.25, 0.3) is 5.91 Å². The molecular formula is C13H18N6O. The van der Waals surface area contributed by atoms with E-state index in [0.29, 0.717) is 17.2 Å². The molecule has 0 aliphatic heterocycles. The maximum atomic E-state index is 12.2. The van der Waals surface area contributed by atoms with Crippen LogP contribution in [0.25, 0.3) is 0 Å². The molecule has 1 amide bonds. The predicted octanol–water partition coefficient (Wildman–Crippen LogP) is 1.40. The van der Waals surface area contributed by atoms with Gasteiger partial charge in [-0.25, -0.2) is 9.97 Å². The van der Waals surface area contributed by atoms with Crippen molar-refractivity contribution in [2.75, 3.05) is 5.73 Å². The summed E-state index contributed by atoms with van der Waals surface area (Å²) >= 11 is 0. The SMILES string of the molecule is CC(C)c1cc(C(=O)NC(C)c2ncn[nH]2)cc(N)n1. The lowest BCUT2D eigenvalue weighted by molar-refractivity contribution is 0.0938. The van der Waals surface area contributed by atoms with Gasteiger partial charge in [0.05, 0.1) is 6.04 Å². The highest BCUT2D eigenvalue weighted by Gasteiger charge is 2.15. The number of nitrogen functional groups attached to an aromatic ring is 1. The van der Waals surface area contributed by atoms with E-state index in [1.807, 2.05) is 20.8 Å². The zero-order valence-electron chi connectivity index (χ0n) is 11.7. The Kier molecular flexibility index (Phi) is 3.97. The minimum absolute atomic E-state index is 0.205. The monoisotopic (exact) mass is 274 g/mol. The number of hydrogen-bond acceptors (Lipinski definition) is 5. The predicted molar refractivity (Wildman–Crippen MR) is 75.0 cm³/mol. The molecule has 2 rings (SSSR count). The van der Waals surface area contributed by atoms with Crippen molar-refractivity contribution in [3.05, 3.63) is 35.5 Å². The number of carbonyl (C=O) groups is 1. The first-order valence-corrected chi connectivity index (χ1v) is 6.41. The van der Waals surface area contributed by atoms with Crippen molar-refractivity contribution in [2.45, 2.75) is 32.7 Å². The molecular weight excluding hydrogens is 256 g/mol. The summed E-state index contributed by atoms with van der Waals surface area (Å²) in [6, 6.07) is 3.06. The van der Waals surface area contributed by atoms with Crippen molar-refractivity contribution in [3.63, 3.8) is 0 Å². The van der Waals surface area contributed by atoms with Gasteiger partial charge in [0.1, 0.15) is 18.0 Å². The summed E-state index contributed by atoms with van der Waals surface area (Å²) in [5.74, 6) is 0.930. The van der Waals surface area contributed by atoms with Crippen LogP contribution in [0.3, 0.4) is 0 Å². The molecule has 1 unspecified atom stereocenters. The van der Waals surface area contributed by atoms with Crippen LogP contribution in [-0.2, 0) is 0 Å². The first-order chi connectivity index (χ1) is 9.47. The Morgan fingerprint density at radius 1 is 1.35 bits per heavy atom. The van der Waals surface area contributed by atoms with Gasteiger partial charge in [0.2, 0.25) is 0 Å². The molecule has 2 aromatic heterocycles. The van der Waals surface area contributed by atoms with Crippen molar-refractivity contribution in [1.82, 2.24) is 25.5 Å². The molecule has 7 nitrogen and oxygen atoms in total. The number of carbonyl (C=O) groups excluding carboxylic acids is 1. The Hall–Kier alpha value is -2.44. The minimum atomic E-state index is -0.262. The van der Waals surface area contributed by atoms with E-state index < -0.39 is 0 Å². The van der Waals surface area contributed by atoms with Crippen molar-refractivity contribution in [2.24, 2.45) is 0 Å². The van der Waals surface area contributed by atoms with E-state index in [1.54, 1.807) is 12.1 Å². The van der Waals surface area contributed by atoms with Crippen molar-refractivity contribution < 1.29 is 4.79 Å². The Morgan fingerprint density at radius 3 is 2.70 bits per heavy atom. The highest BCUT2D eigenvalue weighted by atomic mass is 16.1. The third-order valence-corrected chi connectivity index (χ3v) is 2.91. The fraction of sp³-hybridized carbons (Fsp3) is 0.385. The zero-order valence-corrected chi connectivity index (χ0v) is 11.7. The maximum Gasteiger partial charge on any atom is 0.252 e. The van der Waals surface area contributed by atoms with Crippen LogP contribution < -0.4 is 11.1 Å². The molecule has 0 aromatic carbocycles. The average Bonchev–Trinajstić information content (AvgIpc) is 2.91. The highest BCUT2D eigenvalue weighted by molar-refractivity contribution is 5.95. The Labute approximate surface area is 117 Å². The van der Waals surface area contributed by atoms with Gasteiger partial charge in [0.15, 0.2) is 0 Å². The second-order valence-corrected chi connectivity index (χ2v) is 4.93. The van der Waals surface area contributed by atoms with Gasteiger partial charge < -0.3 is 11.1 Å². The molecule has 0 aliphatic carbocycles. The molecule has 2 heterocycles. The summed E-state index contributed by atoms with van der Waals surface area (Å²) in [6.45, 7) is 5.83. The number of nitrogens with two attached hydrogens (primary N) is 1. The average molecular weight is 274 g/mol. The third-order valence-electron chi connectivity index (χ3n) is 2.91. The zero-order chi connectivity index (χ0) is 14.7. The molecule has 0 saturated heterocycles. The Morgan fingerprint density at radius 2 is 2.10 bits per heavy atom. The van der Waals surface area contributed by atoms with Gasteiger partial charge in [-0.05, 0) is 25.0 Å². The lowest BCUT2D eigenvalue weighted by atomic mass is 10.1. The van der Waals surface area contributed by atoms with Crippen LogP contribution in [0.5, 0.6) is 0 Å². The van der Waals surface area contributed by atoms with Crippen LogP contribution in [0.2, 0.25) is 0 Å². The van der Waals surface area contributed by atoms with Gasteiger partial charge in [-0.2, -0.15) is 5.10 Å². The molecule has 2 aromatic rings. The highest BCUT2D eigenvalue weighted by Crippen LogP contribution is 2.16. The van der Waals surface area contributed by atoms with Crippen LogP contribution in [0.1, 0.15) is 54.6 Å². The summed E-state index contributed by atoms with van der Waals surface area (Å²) in [7, 11) is 0. The van der Waals surface area contributed by atoms with Crippen LogP contribution in [-0.4, -0.2) is 26.1 Å². The van der Waals surface area contributed by atoms with Gasteiger partial charge >= 0.3 is 0 Å². The van der Waals surface area contributed by atoms with Crippen LogP contribution in [0.4, 0.5) is 5.82 Å². The number of hydrogen-bond donors (Lipinski definition) is 3. The van der Waals surface area contributed by atoms with Crippen molar-refractivity contribution in [3.8, 4) is 0 Å². The van der Waals surface area contributed by atoms with Crippen LogP contribution in [0, 0.1) is 0 Å². The van der Waals surface area contributed by atoms with Gasteiger partial charge in [-0.15, -0.1) is 0 Å². The molecule has 0 spiro atoms. The number of nitrogens with zero attached hydrogens (tertiary/aromatic N) is 3. The third kappa shape index (κ3) is 3.11. The van der Waals surface area contributed by atoms with Gasteiger partial charge in [-0.3, -0.25) is 9.89 Å². The molecule has 0 fully saturated rings. The summed E-state index contributed by atoms with van der Waals surface area (Å²) in [5.41, 5.74) is 7.03. The van der Waals surface area contributed by atoms with E-state index in [4.69, 9.17) is 5.73 Å². The molecule has 1 atom stereocenters. The molecule has 0 aliphatic rings. The fourth-order valence-corrected chi connectivity index (χ4v) is 1.77. The number of aromatic amines is 1. The van der Waals surface area contributed by atoms with Crippen LogP contribution in [0.15, 0.2) is 18.5 Å². The first-order valence-electron chi connectivity index (χ1n) is 6.41. The molecule has 7 heteroatoms. The number of pyridine rings is 1. The van der Waals surface area contributed by atoms with E-state index in [-0.39, 0.29) is 17.9 Å². The summed E-state index contributed by atoms with van der Waals surface area (Å²) < 4.78 is 0. The molecule has 0 saturated carbocycles. The normalized spacial score (nSPS) is 12.4. The lowest BCUT2D eigenvalue weighted by Gasteiger charge is -2.13. The Bertz CT molecular complexity index is 593. The molecule has 0 radical (unpaired) electrons. The van der Waals surface area contributed by atoms with Crippen molar-refractivity contribution in [1.29, 1.82) is 0 Å². The lowest BCUT2D eigenvalue weighted by Crippen LogP contribution is -2.27. The first kappa shape index (κ1) is 14.0. The second kappa shape index (κ2) is 5.68. The number of anilines is 1. The van der Waals surface area contributed by atoms with E-state index in [1.165, 1.54) is 6.33 Å². The van der Waals surface area contributed by atoms with Crippen LogP contribution >= 0.6 is 0 Å². The number of nitrogens with one attached hydrogen (secondary N) is 2. The Balaban J connectivity index is 2.17. The van der Waals surface area contributed by atoms with Gasteiger partial charge in [-0.1, -0.05) is 13.8 Å². The van der Waals surface area contributed by atoms with E-state index in [9.17, 15) is 4.79 Å². The summed E-state index contributed by atoms with van der Waals surface area (Å²) in [5, 5.41) is 9.32. The summed E-state index contributed by atoms with van der Waals surface area (Å²) in [4.78, 5) is 20.4. The van der Waals surface area contributed by atoms with E-state index in [0.717, 1.165) is 5.69 Å². The smallest absolute Gasteiger partial charge is 0.252 e. The standard InChI is InChI=1S/C13H18N6O/c1-7(2)10-4-9(5-11(14)18-10)13(20)17-8(3)12-15-6-16-19-12/h4-8H,1-3H3,(H2,14,18)(H,17,20)(H,15,16,19). The number of aromatic nitrogens is 4. The number of H-pyrrole nitrogens is 1. The topological polar surface area (TPSA) is 110 Å². The largest absolute Gasteiger partial charge is 0.384 e. The number of amides is 1. The second-order valence-electron chi connectivity index (χ2n) is 4.93. The van der Waals surface area contributed by atoms with E-state index in [2.05, 4.69) is 25.5 Å². The minimum Gasteiger partial charge on any atom is -0.384 e.